The molecule has 144 valence electrons. The summed E-state index contributed by atoms with van der Waals surface area (Å²) in [5.74, 6) is 0.376. The smallest absolute Gasteiger partial charge is 0.321 e. The number of para-hydroxylation sites is 2. The first kappa shape index (κ1) is 19.3. The average Bonchev–Trinajstić information content (AvgIpc) is 2.63. The van der Waals surface area contributed by atoms with Gasteiger partial charge in [-0.25, -0.2) is 4.79 Å². The molecule has 27 heavy (non-hydrogen) atoms. The zero-order chi connectivity index (χ0) is 19.6. The van der Waals surface area contributed by atoms with Crippen molar-refractivity contribution in [3.8, 4) is 0 Å². The van der Waals surface area contributed by atoms with Crippen molar-refractivity contribution in [2.75, 3.05) is 36.4 Å². The zero-order valence-corrected chi connectivity index (χ0v) is 17.2. The van der Waals surface area contributed by atoms with Gasteiger partial charge in [0.15, 0.2) is 0 Å². The first-order valence-electron chi connectivity index (χ1n) is 9.85. The lowest BCUT2D eigenvalue weighted by atomic mass is 9.98. The summed E-state index contributed by atoms with van der Waals surface area (Å²) in [5, 5.41) is 3.18. The molecule has 4 nitrogen and oxygen atoms in total. The van der Waals surface area contributed by atoms with Crippen molar-refractivity contribution < 1.29 is 4.79 Å². The monoisotopic (exact) mass is 365 g/mol. The topological polar surface area (TPSA) is 35.6 Å². The Balaban J connectivity index is 1.68. The van der Waals surface area contributed by atoms with Crippen molar-refractivity contribution in [1.82, 2.24) is 4.90 Å². The lowest BCUT2D eigenvalue weighted by Crippen LogP contribution is -2.50. The molecule has 2 aromatic rings. The molecule has 1 N–H and O–H groups in total. The van der Waals surface area contributed by atoms with Gasteiger partial charge in [-0.05, 0) is 48.9 Å². The van der Waals surface area contributed by atoms with Gasteiger partial charge in [0.2, 0.25) is 0 Å². The SMILES string of the molecule is Cc1cccc(C(C)C)c1NC(=O)N1CCN(c2c(C)cccc2C)CC1. The van der Waals surface area contributed by atoms with Gasteiger partial charge >= 0.3 is 6.03 Å². The molecule has 0 atom stereocenters. The van der Waals surface area contributed by atoms with Gasteiger partial charge in [0, 0.05) is 37.6 Å². The van der Waals surface area contributed by atoms with E-state index >= 15 is 0 Å². The van der Waals surface area contributed by atoms with E-state index in [-0.39, 0.29) is 6.03 Å². The fraction of sp³-hybridized carbons (Fsp3) is 0.435. The predicted molar refractivity (Wildman–Crippen MR) is 114 cm³/mol. The second kappa shape index (κ2) is 8.03. The maximum atomic E-state index is 12.9. The van der Waals surface area contributed by atoms with Gasteiger partial charge in [-0.3, -0.25) is 0 Å². The summed E-state index contributed by atoms with van der Waals surface area (Å²) < 4.78 is 0. The quantitative estimate of drug-likeness (QED) is 0.822. The van der Waals surface area contributed by atoms with Crippen LogP contribution in [0.15, 0.2) is 36.4 Å². The number of anilines is 2. The fourth-order valence-corrected chi connectivity index (χ4v) is 3.97. The number of urea groups is 1. The molecule has 1 aliphatic heterocycles. The Kier molecular flexibility index (Phi) is 5.73. The van der Waals surface area contributed by atoms with E-state index in [1.807, 2.05) is 4.90 Å². The zero-order valence-electron chi connectivity index (χ0n) is 17.2. The standard InChI is InChI=1S/C23H31N3O/c1-16(2)20-11-7-8-17(3)21(20)24-23(27)26-14-12-25(13-15-26)22-18(4)9-6-10-19(22)5/h6-11,16H,12-15H2,1-5H3,(H,24,27). The lowest BCUT2D eigenvalue weighted by molar-refractivity contribution is 0.208. The highest BCUT2D eigenvalue weighted by atomic mass is 16.2. The van der Waals surface area contributed by atoms with Crippen LogP contribution in [0.1, 0.15) is 42.0 Å². The highest BCUT2D eigenvalue weighted by Crippen LogP contribution is 2.28. The lowest BCUT2D eigenvalue weighted by Gasteiger charge is -2.37. The normalized spacial score (nSPS) is 14.6. The van der Waals surface area contributed by atoms with Crippen molar-refractivity contribution >= 4 is 17.4 Å². The minimum Gasteiger partial charge on any atom is -0.368 e. The summed E-state index contributed by atoms with van der Waals surface area (Å²) in [6.45, 7) is 13.9. The second-order valence-electron chi connectivity index (χ2n) is 7.84. The molecule has 3 rings (SSSR count). The van der Waals surface area contributed by atoms with Crippen LogP contribution in [0.3, 0.4) is 0 Å². The molecule has 0 radical (unpaired) electrons. The molecule has 0 saturated carbocycles. The summed E-state index contributed by atoms with van der Waals surface area (Å²) in [5.41, 5.74) is 7.19. The Morgan fingerprint density at radius 3 is 2.04 bits per heavy atom. The Bertz CT molecular complexity index is 800. The van der Waals surface area contributed by atoms with Crippen molar-refractivity contribution in [3.63, 3.8) is 0 Å². The number of piperazine rings is 1. The Hall–Kier alpha value is -2.49. The molecular weight excluding hydrogens is 334 g/mol. The van der Waals surface area contributed by atoms with Crippen LogP contribution in [-0.2, 0) is 0 Å². The minimum atomic E-state index is 0.00681. The molecule has 0 unspecified atom stereocenters. The Morgan fingerprint density at radius 2 is 1.44 bits per heavy atom. The largest absolute Gasteiger partial charge is 0.368 e. The molecule has 2 amide bonds. The van der Waals surface area contributed by atoms with Crippen LogP contribution < -0.4 is 10.2 Å². The van der Waals surface area contributed by atoms with E-state index in [1.165, 1.54) is 22.4 Å². The van der Waals surface area contributed by atoms with Crippen LogP contribution in [-0.4, -0.2) is 37.1 Å². The van der Waals surface area contributed by atoms with Crippen LogP contribution in [0.25, 0.3) is 0 Å². The number of amides is 2. The third-order valence-electron chi connectivity index (χ3n) is 5.48. The third-order valence-corrected chi connectivity index (χ3v) is 5.48. The molecule has 2 aromatic carbocycles. The third kappa shape index (κ3) is 4.10. The molecule has 1 saturated heterocycles. The molecule has 0 aromatic heterocycles. The van der Waals surface area contributed by atoms with E-state index in [9.17, 15) is 4.79 Å². The van der Waals surface area contributed by atoms with E-state index < -0.39 is 0 Å². The molecule has 4 heteroatoms. The minimum absolute atomic E-state index is 0.00681. The van der Waals surface area contributed by atoms with Crippen molar-refractivity contribution in [3.05, 3.63) is 58.7 Å². The van der Waals surface area contributed by atoms with Gasteiger partial charge in [0.05, 0.1) is 0 Å². The first-order chi connectivity index (χ1) is 12.9. The highest BCUT2D eigenvalue weighted by molar-refractivity contribution is 5.91. The second-order valence-corrected chi connectivity index (χ2v) is 7.84. The maximum absolute atomic E-state index is 12.9. The summed E-state index contributed by atoms with van der Waals surface area (Å²) in [6.07, 6.45) is 0. The van der Waals surface area contributed by atoms with Crippen LogP contribution in [0.2, 0.25) is 0 Å². The first-order valence-corrected chi connectivity index (χ1v) is 9.85. The number of benzene rings is 2. The van der Waals surface area contributed by atoms with Gasteiger partial charge in [0.1, 0.15) is 0 Å². The molecule has 1 fully saturated rings. The highest BCUT2D eigenvalue weighted by Gasteiger charge is 2.24. The van der Waals surface area contributed by atoms with Gasteiger partial charge < -0.3 is 15.1 Å². The van der Waals surface area contributed by atoms with E-state index in [0.717, 1.165) is 37.4 Å². The number of hydrogen-bond donors (Lipinski definition) is 1. The molecule has 1 heterocycles. The number of nitrogens with one attached hydrogen (secondary N) is 1. The van der Waals surface area contributed by atoms with Gasteiger partial charge in [-0.15, -0.1) is 0 Å². The Morgan fingerprint density at radius 1 is 0.889 bits per heavy atom. The summed E-state index contributed by atoms with van der Waals surface area (Å²) in [4.78, 5) is 17.2. The van der Waals surface area contributed by atoms with Crippen molar-refractivity contribution in [2.45, 2.75) is 40.5 Å². The molecular formula is C23H31N3O. The van der Waals surface area contributed by atoms with Gasteiger partial charge in [-0.2, -0.15) is 0 Å². The van der Waals surface area contributed by atoms with E-state index in [2.05, 4.69) is 81.2 Å². The number of aryl methyl sites for hydroxylation is 3. The van der Waals surface area contributed by atoms with Gasteiger partial charge in [-0.1, -0.05) is 50.2 Å². The number of carbonyl (C=O) groups excluding carboxylic acids is 1. The van der Waals surface area contributed by atoms with Crippen molar-refractivity contribution in [2.24, 2.45) is 0 Å². The molecule has 0 bridgehead atoms. The molecule has 0 spiro atoms. The van der Waals surface area contributed by atoms with Crippen molar-refractivity contribution in [1.29, 1.82) is 0 Å². The number of hydrogen-bond acceptors (Lipinski definition) is 2. The number of rotatable bonds is 3. The summed E-state index contributed by atoms with van der Waals surface area (Å²) >= 11 is 0. The van der Waals surface area contributed by atoms with E-state index in [0.29, 0.717) is 5.92 Å². The van der Waals surface area contributed by atoms with Gasteiger partial charge in [0.25, 0.3) is 0 Å². The van der Waals surface area contributed by atoms with Crippen LogP contribution in [0, 0.1) is 20.8 Å². The summed E-state index contributed by atoms with van der Waals surface area (Å²) in [7, 11) is 0. The fourth-order valence-electron chi connectivity index (χ4n) is 3.97. The molecule has 1 aliphatic rings. The van der Waals surface area contributed by atoms with E-state index in [1.54, 1.807) is 0 Å². The predicted octanol–water partition coefficient (Wildman–Crippen LogP) is 5.09. The number of nitrogens with zero attached hydrogens (tertiary/aromatic N) is 2. The van der Waals surface area contributed by atoms with Crippen LogP contribution in [0.5, 0.6) is 0 Å². The Labute approximate surface area is 163 Å². The maximum Gasteiger partial charge on any atom is 0.321 e. The average molecular weight is 366 g/mol. The van der Waals surface area contributed by atoms with Crippen LogP contribution >= 0.6 is 0 Å². The summed E-state index contributed by atoms with van der Waals surface area (Å²) in [6, 6.07) is 12.6. The molecule has 0 aliphatic carbocycles. The van der Waals surface area contributed by atoms with Crippen LogP contribution in [0.4, 0.5) is 16.2 Å². The number of carbonyl (C=O) groups is 1. The van der Waals surface area contributed by atoms with E-state index in [4.69, 9.17) is 0 Å².